The van der Waals surface area contributed by atoms with Crippen LogP contribution in [0.4, 0.5) is 11.4 Å². The molecule has 242 valence electrons. The number of rotatable bonds is 9. The highest BCUT2D eigenvalue weighted by Crippen LogP contribution is 2.51. The predicted molar refractivity (Wildman–Crippen MR) is 198 cm³/mol. The summed E-state index contributed by atoms with van der Waals surface area (Å²) in [5.41, 5.74) is 5.47. The molecule has 0 spiro atoms. The topological polar surface area (TPSA) is 83.7 Å². The third-order valence-corrected chi connectivity index (χ3v) is 10.0. The van der Waals surface area contributed by atoms with Crippen LogP contribution in [0.5, 0.6) is 0 Å². The van der Waals surface area contributed by atoms with Crippen molar-refractivity contribution >= 4 is 49.7 Å². The molecule has 0 atom stereocenters. The van der Waals surface area contributed by atoms with Crippen molar-refractivity contribution < 1.29 is 14.8 Å². The van der Waals surface area contributed by atoms with Crippen LogP contribution in [0.15, 0.2) is 127 Å². The Balaban J connectivity index is 1.34. The van der Waals surface area contributed by atoms with Gasteiger partial charge in [0.05, 0.1) is 17.0 Å². The van der Waals surface area contributed by atoms with E-state index in [0.29, 0.717) is 0 Å². The highest BCUT2D eigenvalue weighted by molar-refractivity contribution is 6.11. The summed E-state index contributed by atoms with van der Waals surface area (Å²) < 4.78 is 0. The lowest BCUT2D eigenvalue weighted by molar-refractivity contribution is -0.384. The third-order valence-electron chi connectivity index (χ3n) is 10.0. The Hall–Kier alpha value is -5.49. The van der Waals surface area contributed by atoms with Crippen LogP contribution < -0.4 is 4.90 Å². The Bertz CT molecular complexity index is 2240. The van der Waals surface area contributed by atoms with E-state index in [1.807, 2.05) is 41.3 Å². The number of hydrogen-bond acceptors (Lipinski definition) is 4. The first-order chi connectivity index (χ1) is 22.8. The zero-order valence-electron chi connectivity index (χ0n) is 28.1. The van der Waals surface area contributed by atoms with Gasteiger partial charge in [-0.2, -0.15) is 0 Å². The molecule has 1 aliphatic rings. The van der Waals surface area contributed by atoms with Gasteiger partial charge in [0.2, 0.25) is 0 Å². The minimum Gasteiger partial charge on any atom is -0.481 e. The molecular formula is C42H40N2O4. The van der Waals surface area contributed by atoms with Crippen LogP contribution in [0.1, 0.15) is 50.8 Å². The second-order valence-corrected chi connectivity index (χ2v) is 13.6. The van der Waals surface area contributed by atoms with Crippen LogP contribution in [-0.2, 0) is 15.6 Å². The molecule has 6 nitrogen and oxygen atoms in total. The summed E-state index contributed by atoms with van der Waals surface area (Å²) in [6.45, 7) is 15.6. The van der Waals surface area contributed by atoms with Crippen LogP contribution >= 0.6 is 0 Å². The minimum absolute atomic E-state index is 0.00406. The van der Waals surface area contributed by atoms with Gasteiger partial charge in [0, 0.05) is 40.6 Å². The van der Waals surface area contributed by atoms with Gasteiger partial charge in [0.15, 0.2) is 0 Å². The Labute approximate surface area is 281 Å². The van der Waals surface area contributed by atoms with E-state index >= 15 is 0 Å². The number of non-ortho nitro benzene ring substituents is 1. The Morgan fingerprint density at radius 1 is 0.917 bits per heavy atom. The van der Waals surface area contributed by atoms with Crippen molar-refractivity contribution in [3.05, 3.63) is 154 Å². The molecule has 0 radical (unpaired) electrons. The summed E-state index contributed by atoms with van der Waals surface area (Å²) >= 11 is 0. The summed E-state index contributed by atoms with van der Waals surface area (Å²) in [6, 6.07) is 26.0. The average molecular weight is 637 g/mol. The largest absolute Gasteiger partial charge is 0.481 e. The summed E-state index contributed by atoms with van der Waals surface area (Å²) in [4.78, 5) is 24.9. The van der Waals surface area contributed by atoms with Crippen LogP contribution in [0.3, 0.4) is 0 Å². The first kappa shape index (κ1) is 32.5. The van der Waals surface area contributed by atoms with Gasteiger partial charge in [0.25, 0.3) is 5.69 Å². The lowest BCUT2D eigenvalue weighted by Crippen LogP contribution is -2.28. The molecule has 0 aromatic heterocycles. The third kappa shape index (κ3) is 5.47. The first-order valence-electron chi connectivity index (χ1n) is 16.2. The van der Waals surface area contributed by atoms with Gasteiger partial charge in [0.1, 0.15) is 0 Å². The highest BCUT2D eigenvalue weighted by atomic mass is 16.6. The van der Waals surface area contributed by atoms with E-state index in [9.17, 15) is 20.0 Å². The van der Waals surface area contributed by atoms with E-state index in [0.717, 1.165) is 33.3 Å². The molecule has 0 fully saturated rings. The van der Waals surface area contributed by atoms with Crippen molar-refractivity contribution in [3.63, 3.8) is 0 Å². The second kappa shape index (κ2) is 12.3. The summed E-state index contributed by atoms with van der Waals surface area (Å²) in [5.74, 6) is -0.902. The van der Waals surface area contributed by atoms with Crippen LogP contribution in [0.2, 0.25) is 0 Å². The molecule has 0 saturated carbocycles. The van der Waals surface area contributed by atoms with Crippen molar-refractivity contribution in [2.75, 3.05) is 11.4 Å². The number of benzene rings is 5. The number of nitrogens with zero attached hydrogens (tertiary/aromatic N) is 2. The smallest absolute Gasteiger partial charge is 0.305 e. The minimum atomic E-state index is -0.902. The summed E-state index contributed by atoms with van der Waals surface area (Å²) in [6.07, 6.45) is 9.94. The van der Waals surface area contributed by atoms with Crippen LogP contribution in [0.25, 0.3) is 32.3 Å². The maximum absolute atomic E-state index is 11.7. The number of carbonyl (C=O) groups is 1. The number of hydrogen-bond donors (Lipinski definition) is 1. The van der Waals surface area contributed by atoms with Gasteiger partial charge < -0.3 is 10.0 Å². The predicted octanol–water partition coefficient (Wildman–Crippen LogP) is 10.5. The van der Waals surface area contributed by atoms with Gasteiger partial charge in [-0.25, -0.2) is 0 Å². The number of anilines is 1. The second-order valence-electron chi connectivity index (χ2n) is 13.6. The zero-order valence-corrected chi connectivity index (χ0v) is 28.1. The Kier molecular flexibility index (Phi) is 8.30. The fourth-order valence-electron chi connectivity index (χ4n) is 7.41. The first-order valence-corrected chi connectivity index (χ1v) is 16.2. The number of carboxylic acid groups (broad SMARTS) is 1. The monoisotopic (exact) mass is 636 g/mol. The molecule has 0 unspecified atom stereocenters. The van der Waals surface area contributed by atoms with Crippen molar-refractivity contribution in [1.29, 1.82) is 0 Å². The van der Waals surface area contributed by atoms with Crippen LogP contribution in [-0.4, -0.2) is 22.5 Å². The van der Waals surface area contributed by atoms with Crippen LogP contribution in [0, 0.1) is 17.0 Å². The number of nitro benzene ring substituents is 1. The normalized spacial score (nSPS) is 15.4. The maximum Gasteiger partial charge on any atom is 0.305 e. The van der Waals surface area contributed by atoms with E-state index in [4.69, 9.17) is 0 Å². The standard InChI is InChI=1S/C42H40N2O4/c1-27(41(3,4)39-28(2)31-15-10-11-16-32(31)33-17-12-13-18-34(33)39)14-8-7-9-19-37-42(5,6)36-23-21-29-20-22-30(44(47)48)26-35(29)40(36)43(37)25-24-38(45)46/h7-23,26H,1,24-25H2,2-6H3,(H,45,46)/b9-7+,14-8+,37-19-. The quantitative estimate of drug-likeness (QED) is 0.0753. The molecule has 6 heteroatoms. The molecule has 5 aromatic rings. The molecule has 48 heavy (non-hydrogen) atoms. The number of allylic oxidation sites excluding steroid dienone is 7. The lowest BCUT2D eigenvalue weighted by atomic mass is 9.73. The van der Waals surface area contributed by atoms with Gasteiger partial charge >= 0.3 is 5.97 Å². The van der Waals surface area contributed by atoms with E-state index in [1.54, 1.807) is 12.1 Å². The molecule has 0 aliphatic carbocycles. The highest BCUT2D eigenvalue weighted by Gasteiger charge is 2.41. The van der Waals surface area contributed by atoms with Gasteiger partial charge in [-0.3, -0.25) is 14.9 Å². The lowest BCUT2D eigenvalue weighted by Gasteiger charge is -2.31. The molecule has 0 amide bonds. The number of carboxylic acids is 1. The Morgan fingerprint density at radius 2 is 1.54 bits per heavy atom. The number of fused-ring (bicyclic) bond motifs is 6. The number of aryl methyl sites for hydroxylation is 1. The molecule has 6 rings (SSSR count). The summed E-state index contributed by atoms with van der Waals surface area (Å²) in [7, 11) is 0. The maximum atomic E-state index is 11.7. The molecule has 1 aliphatic heterocycles. The molecule has 0 bridgehead atoms. The molecule has 5 aromatic carbocycles. The molecule has 1 N–H and O–H groups in total. The zero-order chi connectivity index (χ0) is 34.4. The number of aliphatic carboxylic acids is 1. The van der Waals surface area contributed by atoms with Gasteiger partial charge in [-0.1, -0.05) is 119 Å². The van der Waals surface area contributed by atoms with E-state index < -0.39 is 16.3 Å². The van der Waals surface area contributed by atoms with Gasteiger partial charge in [-0.05, 0) is 68.3 Å². The van der Waals surface area contributed by atoms with E-state index in [1.165, 1.54) is 38.7 Å². The van der Waals surface area contributed by atoms with E-state index in [2.05, 4.69) is 95.8 Å². The Morgan fingerprint density at radius 3 is 2.21 bits per heavy atom. The summed E-state index contributed by atoms with van der Waals surface area (Å²) in [5, 5.41) is 27.8. The SMILES string of the molecule is C=C(/C=C/C=C/C=C1\N(CCC(=O)O)c2c(ccc3ccc([N+](=O)[O-])cc23)C1(C)C)C(C)(C)c1c(C)c2ccccc2c2ccccc12. The molecular weight excluding hydrogens is 596 g/mol. The van der Waals surface area contributed by atoms with Crippen molar-refractivity contribution in [3.8, 4) is 0 Å². The molecule has 1 heterocycles. The van der Waals surface area contributed by atoms with Crippen molar-refractivity contribution in [1.82, 2.24) is 0 Å². The van der Waals surface area contributed by atoms with E-state index in [-0.39, 0.29) is 24.1 Å². The average Bonchev–Trinajstić information content (AvgIpc) is 3.28. The van der Waals surface area contributed by atoms with Crippen molar-refractivity contribution in [2.45, 2.75) is 51.9 Å². The number of nitro groups is 1. The fourth-order valence-corrected chi connectivity index (χ4v) is 7.41. The van der Waals surface area contributed by atoms with Gasteiger partial charge in [-0.15, -0.1) is 0 Å². The van der Waals surface area contributed by atoms with Crippen molar-refractivity contribution in [2.24, 2.45) is 0 Å². The molecule has 0 saturated heterocycles. The fraction of sp³-hybridized carbons (Fsp3) is 0.214.